The van der Waals surface area contributed by atoms with Gasteiger partial charge in [0.1, 0.15) is 6.17 Å². The second-order valence-corrected chi connectivity index (χ2v) is 7.91. The molecule has 164 valence electrons. The molecule has 0 spiro atoms. The van der Waals surface area contributed by atoms with Gasteiger partial charge in [0.25, 0.3) is 0 Å². The first kappa shape index (κ1) is 20.0. The Morgan fingerprint density at radius 1 is 1.16 bits per heavy atom. The molecule has 3 aliphatic rings. The number of alkyl halides is 3. The normalized spacial score (nSPS) is 24.7. The van der Waals surface area contributed by atoms with Crippen LogP contribution in [0.3, 0.4) is 0 Å². The summed E-state index contributed by atoms with van der Waals surface area (Å²) in [7, 11) is 0. The number of nitrogens with one attached hydrogen (secondary N) is 3. The highest BCUT2D eigenvalue weighted by molar-refractivity contribution is 5.89. The van der Waals surface area contributed by atoms with Gasteiger partial charge in [-0.1, -0.05) is 6.07 Å². The third-order valence-electron chi connectivity index (χ3n) is 5.94. The van der Waals surface area contributed by atoms with Crippen LogP contribution in [0.2, 0.25) is 0 Å². The Morgan fingerprint density at radius 2 is 1.97 bits per heavy atom. The first-order valence-corrected chi connectivity index (χ1v) is 10.2. The number of hydrogen-bond acceptors (Lipinski definition) is 7. The fourth-order valence-electron chi connectivity index (χ4n) is 4.38. The summed E-state index contributed by atoms with van der Waals surface area (Å²) in [6, 6.07) is 4.77. The Bertz CT molecular complexity index is 1010. The maximum Gasteiger partial charge on any atom is 0.416 e. The molecular formula is C20H21F3N6O2. The highest BCUT2D eigenvalue weighted by Gasteiger charge is 2.44. The van der Waals surface area contributed by atoms with Gasteiger partial charge in [0, 0.05) is 29.8 Å². The van der Waals surface area contributed by atoms with Gasteiger partial charge < -0.3 is 15.1 Å². The molecule has 1 amide bonds. The van der Waals surface area contributed by atoms with E-state index in [2.05, 4.69) is 26.3 Å². The van der Waals surface area contributed by atoms with Gasteiger partial charge in [-0.05, 0) is 44.1 Å². The summed E-state index contributed by atoms with van der Waals surface area (Å²) >= 11 is 0. The number of rotatable bonds is 3. The SMILES string of the molecule is O=C1C=C(C2CCNCC2)N2NCC(c3nnc(-c4cccc(C(F)(F)F)c4)o3)C2N1. The zero-order chi connectivity index (χ0) is 21.6. The molecule has 0 bridgehead atoms. The first-order chi connectivity index (χ1) is 14.9. The van der Waals surface area contributed by atoms with Gasteiger partial charge >= 0.3 is 6.18 Å². The summed E-state index contributed by atoms with van der Waals surface area (Å²) in [5.41, 5.74) is 3.66. The Morgan fingerprint density at radius 3 is 2.74 bits per heavy atom. The number of aromatic nitrogens is 2. The van der Waals surface area contributed by atoms with E-state index in [1.807, 2.05) is 5.01 Å². The van der Waals surface area contributed by atoms with E-state index >= 15 is 0 Å². The van der Waals surface area contributed by atoms with Gasteiger partial charge in [-0.2, -0.15) is 13.2 Å². The fraction of sp³-hybridized carbons (Fsp3) is 0.450. The van der Waals surface area contributed by atoms with E-state index in [1.54, 1.807) is 6.08 Å². The average Bonchev–Trinajstić information content (AvgIpc) is 3.40. The molecule has 2 saturated heterocycles. The average molecular weight is 434 g/mol. The number of carbonyl (C=O) groups excluding carboxylic acids is 1. The van der Waals surface area contributed by atoms with Crippen LogP contribution in [-0.4, -0.2) is 46.9 Å². The van der Waals surface area contributed by atoms with Crippen LogP contribution in [0.25, 0.3) is 11.5 Å². The van der Waals surface area contributed by atoms with Gasteiger partial charge in [0.15, 0.2) is 0 Å². The Balaban J connectivity index is 1.39. The lowest BCUT2D eigenvalue weighted by molar-refractivity contribution is -0.137. The van der Waals surface area contributed by atoms with E-state index < -0.39 is 17.9 Å². The molecule has 8 nitrogen and oxygen atoms in total. The number of nitrogens with zero attached hydrogens (tertiary/aromatic N) is 3. The quantitative estimate of drug-likeness (QED) is 0.680. The molecule has 3 N–H and O–H groups in total. The van der Waals surface area contributed by atoms with Crippen LogP contribution in [0, 0.1) is 5.92 Å². The third-order valence-corrected chi connectivity index (χ3v) is 5.94. The number of benzene rings is 1. The molecule has 0 radical (unpaired) electrons. The highest BCUT2D eigenvalue weighted by atomic mass is 19.4. The minimum atomic E-state index is -4.46. The molecule has 2 atom stereocenters. The zero-order valence-corrected chi connectivity index (χ0v) is 16.4. The molecule has 4 heterocycles. The van der Waals surface area contributed by atoms with Crippen molar-refractivity contribution in [3.8, 4) is 11.5 Å². The lowest BCUT2D eigenvalue weighted by Gasteiger charge is -2.38. The molecule has 2 aromatic rings. The summed E-state index contributed by atoms with van der Waals surface area (Å²) in [6.07, 6.45) is -1.36. The predicted molar refractivity (Wildman–Crippen MR) is 103 cm³/mol. The van der Waals surface area contributed by atoms with E-state index in [0.29, 0.717) is 6.54 Å². The molecular weight excluding hydrogens is 413 g/mol. The van der Waals surface area contributed by atoms with Crippen molar-refractivity contribution in [1.82, 2.24) is 31.3 Å². The van der Waals surface area contributed by atoms with Gasteiger partial charge in [-0.15, -0.1) is 10.2 Å². The lowest BCUT2D eigenvalue weighted by atomic mass is 9.92. The molecule has 31 heavy (non-hydrogen) atoms. The number of halogens is 3. The summed E-state index contributed by atoms with van der Waals surface area (Å²) in [4.78, 5) is 12.4. The largest absolute Gasteiger partial charge is 0.420 e. The Kier molecular flexibility index (Phi) is 4.94. The minimum Gasteiger partial charge on any atom is -0.420 e. The second-order valence-electron chi connectivity index (χ2n) is 7.91. The van der Waals surface area contributed by atoms with Gasteiger partial charge in [0.2, 0.25) is 17.7 Å². The van der Waals surface area contributed by atoms with Crippen molar-refractivity contribution in [2.75, 3.05) is 19.6 Å². The van der Waals surface area contributed by atoms with Crippen LogP contribution in [0.15, 0.2) is 40.5 Å². The summed E-state index contributed by atoms with van der Waals surface area (Å²) in [5, 5.41) is 16.2. The summed E-state index contributed by atoms with van der Waals surface area (Å²) in [6.45, 7) is 2.25. The molecule has 1 aromatic heterocycles. The standard InChI is InChI=1S/C20H21F3N6O2/c21-20(22,23)13-3-1-2-12(8-13)18-27-28-19(31-18)14-10-25-29-15(9-16(30)26-17(14)29)11-4-6-24-7-5-11/h1-3,8-9,11,14,17,24-25H,4-7,10H2,(H,26,30). The van der Waals surface area contributed by atoms with E-state index in [9.17, 15) is 18.0 Å². The van der Waals surface area contributed by atoms with Crippen molar-refractivity contribution in [2.24, 2.45) is 5.92 Å². The highest BCUT2D eigenvalue weighted by Crippen LogP contribution is 2.36. The van der Waals surface area contributed by atoms with Crippen molar-refractivity contribution >= 4 is 5.91 Å². The fourth-order valence-corrected chi connectivity index (χ4v) is 4.38. The molecule has 0 saturated carbocycles. The number of carbonyl (C=O) groups is 1. The molecule has 3 aliphatic heterocycles. The minimum absolute atomic E-state index is 0.0100. The molecule has 0 aliphatic carbocycles. The smallest absolute Gasteiger partial charge is 0.416 e. The van der Waals surface area contributed by atoms with Gasteiger partial charge in [0.05, 0.1) is 11.5 Å². The monoisotopic (exact) mass is 434 g/mol. The van der Waals surface area contributed by atoms with Gasteiger partial charge in [-0.25, -0.2) is 5.43 Å². The van der Waals surface area contributed by atoms with Crippen molar-refractivity contribution < 1.29 is 22.4 Å². The van der Waals surface area contributed by atoms with Crippen molar-refractivity contribution in [3.05, 3.63) is 47.5 Å². The number of fused-ring (bicyclic) bond motifs is 1. The Hall–Kier alpha value is -2.92. The Labute approximate surface area is 175 Å². The van der Waals surface area contributed by atoms with E-state index in [4.69, 9.17) is 4.42 Å². The maximum absolute atomic E-state index is 13.0. The van der Waals surface area contributed by atoms with Crippen LogP contribution < -0.4 is 16.1 Å². The van der Waals surface area contributed by atoms with Crippen molar-refractivity contribution in [3.63, 3.8) is 0 Å². The van der Waals surface area contributed by atoms with Crippen molar-refractivity contribution in [1.29, 1.82) is 0 Å². The van der Waals surface area contributed by atoms with Gasteiger partial charge in [-0.3, -0.25) is 9.80 Å². The second kappa shape index (κ2) is 7.65. The van der Waals surface area contributed by atoms with Crippen LogP contribution in [0.4, 0.5) is 13.2 Å². The molecule has 11 heteroatoms. The van der Waals surface area contributed by atoms with E-state index in [0.717, 1.165) is 43.8 Å². The third kappa shape index (κ3) is 3.79. The number of allylic oxidation sites excluding steroid dienone is 1. The number of hydrazine groups is 1. The molecule has 1 aromatic carbocycles. The predicted octanol–water partition coefficient (Wildman–Crippen LogP) is 2.00. The number of hydrogen-bond donors (Lipinski definition) is 3. The molecule has 5 rings (SSSR count). The van der Waals surface area contributed by atoms with Crippen LogP contribution in [0.5, 0.6) is 0 Å². The van der Waals surface area contributed by atoms with Crippen LogP contribution in [-0.2, 0) is 11.0 Å². The zero-order valence-electron chi connectivity index (χ0n) is 16.4. The van der Waals surface area contributed by atoms with Crippen molar-refractivity contribution in [2.45, 2.75) is 31.1 Å². The maximum atomic E-state index is 13.0. The topological polar surface area (TPSA) is 95.3 Å². The van der Waals surface area contributed by atoms with E-state index in [1.165, 1.54) is 12.1 Å². The summed E-state index contributed by atoms with van der Waals surface area (Å²) in [5.74, 6) is 0.0296. The molecule has 2 unspecified atom stereocenters. The summed E-state index contributed by atoms with van der Waals surface area (Å²) < 4.78 is 44.8. The number of piperidine rings is 1. The van der Waals surface area contributed by atoms with Crippen LogP contribution >= 0.6 is 0 Å². The molecule has 2 fully saturated rings. The first-order valence-electron chi connectivity index (χ1n) is 10.2. The van der Waals surface area contributed by atoms with Crippen LogP contribution in [0.1, 0.15) is 30.2 Å². The number of amides is 1. The van der Waals surface area contributed by atoms with E-state index in [-0.39, 0.29) is 35.1 Å². The lowest BCUT2D eigenvalue weighted by Crippen LogP contribution is -2.53.